The van der Waals surface area contributed by atoms with E-state index < -0.39 is 11.8 Å². The average Bonchev–Trinajstić information content (AvgIpc) is 2.56. The van der Waals surface area contributed by atoms with E-state index in [0.717, 1.165) is 4.90 Å². The van der Waals surface area contributed by atoms with Crippen molar-refractivity contribution in [1.82, 2.24) is 0 Å². The molecular formula is C18H12N2O3. The number of phenols is 1. The molecule has 3 aromatic carbocycles. The van der Waals surface area contributed by atoms with Gasteiger partial charge in [-0.1, -0.05) is 24.3 Å². The lowest BCUT2D eigenvalue weighted by atomic mass is 9.93. The molecule has 5 nitrogen and oxygen atoms in total. The summed E-state index contributed by atoms with van der Waals surface area (Å²) in [7, 11) is 0. The van der Waals surface area contributed by atoms with E-state index in [-0.39, 0.29) is 11.4 Å². The molecule has 1 aliphatic heterocycles. The molecule has 5 heteroatoms. The van der Waals surface area contributed by atoms with Crippen LogP contribution < -0.4 is 10.6 Å². The van der Waals surface area contributed by atoms with E-state index in [9.17, 15) is 14.7 Å². The molecule has 3 aromatic rings. The van der Waals surface area contributed by atoms with Crippen molar-refractivity contribution in [2.45, 2.75) is 0 Å². The molecule has 1 heterocycles. The highest BCUT2D eigenvalue weighted by Crippen LogP contribution is 2.37. The Morgan fingerprint density at radius 2 is 1.52 bits per heavy atom. The minimum Gasteiger partial charge on any atom is -0.506 e. The summed E-state index contributed by atoms with van der Waals surface area (Å²) in [4.78, 5) is 26.7. The van der Waals surface area contributed by atoms with Crippen molar-refractivity contribution < 1.29 is 14.7 Å². The third-order valence-electron chi connectivity index (χ3n) is 4.06. The number of rotatable bonds is 1. The quantitative estimate of drug-likeness (QED) is 0.535. The number of benzene rings is 3. The number of aromatic hydroxyl groups is 1. The van der Waals surface area contributed by atoms with Crippen LogP contribution in [0, 0.1) is 0 Å². The van der Waals surface area contributed by atoms with Gasteiger partial charge in [-0.05, 0) is 30.3 Å². The van der Waals surface area contributed by atoms with Gasteiger partial charge in [0.15, 0.2) is 0 Å². The molecule has 0 radical (unpaired) electrons. The number of phenolic OH excluding ortho intramolecular Hbond substituents is 1. The molecule has 0 atom stereocenters. The van der Waals surface area contributed by atoms with Crippen molar-refractivity contribution in [3.05, 3.63) is 65.7 Å². The fraction of sp³-hybridized carbons (Fsp3) is 0. The van der Waals surface area contributed by atoms with Crippen LogP contribution in [0.25, 0.3) is 10.8 Å². The molecule has 23 heavy (non-hydrogen) atoms. The summed E-state index contributed by atoms with van der Waals surface area (Å²) in [5, 5.41) is 11.3. The molecule has 4 rings (SSSR count). The molecule has 0 aromatic heterocycles. The number of carbonyl (C=O) groups is 2. The average molecular weight is 304 g/mol. The Bertz CT molecular complexity index is 972. The van der Waals surface area contributed by atoms with Gasteiger partial charge in [0.25, 0.3) is 11.8 Å². The molecular weight excluding hydrogens is 292 g/mol. The maximum atomic E-state index is 12.8. The highest BCUT2D eigenvalue weighted by atomic mass is 16.3. The van der Waals surface area contributed by atoms with Crippen LogP contribution in [0.3, 0.4) is 0 Å². The van der Waals surface area contributed by atoms with Crippen LogP contribution >= 0.6 is 0 Å². The van der Waals surface area contributed by atoms with Gasteiger partial charge in [-0.2, -0.15) is 0 Å². The molecule has 3 N–H and O–H groups in total. The van der Waals surface area contributed by atoms with Crippen molar-refractivity contribution >= 4 is 34.0 Å². The van der Waals surface area contributed by atoms with E-state index in [1.807, 2.05) is 0 Å². The second-order valence-corrected chi connectivity index (χ2v) is 5.36. The monoisotopic (exact) mass is 304 g/mol. The van der Waals surface area contributed by atoms with Crippen LogP contribution in [0.15, 0.2) is 54.6 Å². The van der Waals surface area contributed by atoms with Crippen molar-refractivity contribution in [2.75, 3.05) is 10.6 Å². The minimum atomic E-state index is -0.472. The Morgan fingerprint density at radius 1 is 0.826 bits per heavy atom. The highest BCUT2D eigenvalue weighted by Gasteiger charge is 2.35. The van der Waals surface area contributed by atoms with Crippen molar-refractivity contribution in [3.8, 4) is 5.75 Å². The lowest BCUT2D eigenvalue weighted by Gasteiger charge is -2.27. The molecule has 0 saturated carbocycles. The van der Waals surface area contributed by atoms with Gasteiger partial charge in [-0.3, -0.25) is 9.59 Å². The number of nitrogens with zero attached hydrogens (tertiary/aromatic N) is 1. The number of nitrogens with two attached hydrogens (primary N) is 1. The van der Waals surface area contributed by atoms with Crippen LogP contribution in [0.4, 0.5) is 11.4 Å². The smallest absolute Gasteiger partial charge is 0.266 e. The van der Waals surface area contributed by atoms with Crippen molar-refractivity contribution in [2.24, 2.45) is 0 Å². The fourth-order valence-electron chi connectivity index (χ4n) is 2.99. The van der Waals surface area contributed by atoms with Gasteiger partial charge >= 0.3 is 0 Å². The maximum Gasteiger partial charge on any atom is 0.266 e. The molecule has 0 bridgehead atoms. The van der Waals surface area contributed by atoms with Gasteiger partial charge < -0.3 is 10.8 Å². The van der Waals surface area contributed by atoms with Crippen LogP contribution in [0.5, 0.6) is 5.75 Å². The Morgan fingerprint density at radius 3 is 2.26 bits per heavy atom. The number of para-hydroxylation sites is 2. The molecule has 0 fully saturated rings. The van der Waals surface area contributed by atoms with Gasteiger partial charge in [0.1, 0.15) is 5.75 Å². The van der Waals surface area contributed by atoms with E-state index in [2.05, 4.69) is 0 Å². The Balaban J connectivity index is 2.04. The van der Waals surface area contributed by atoms with Gasteiger partial charge in [0, 0.05) is 27.6 Å². The fourth-order valence-corrected chi connectivity index (χ4v) is 2.99. The molecule has 112 valence electrons. The summed E-state index contributed by atoms with van der Waals surface area (Å²) < 4.78 is 0. The van der Waals surface area contributed by atoms with Crippen LogP contribution in [-0.2, 0) is 0 Å². The molecule has 2 amide bonds. The third-order valence-corrected chi connectivity index (χ3v) is 4.06. The zero-order chi connectivity index (χ0) is 16.1. The zero-order valence-electron chi connectivity index (χ0n) is 12.0. The topological polar surface area (TPSA) is 83.6 Å². The lowest BCUT2D eigenvalue weighted by Crippen LogP contribution is -2.40. The predicted molar refractivity (Wildman–Crippen MR) is 87.6 cm³/mol. The predicted octanol–water partition coefficient (Wildman–Crippen LogP) is 2.93. The SMILES string of the molecule is Nc1ccc2c3c(cccc13)C(=O)N(c1ccccc1O)C2=O. The molecule has 0 spiro atoms. The highest BCUT2D eigenvalue weighted by molar-refractivity contribution is 6.36. The van der Waals surface area contributed by atoms with Gasteiger partial charge in [0.2, 0.25) is 0 Å². The Kier molecular flexibility index (Phi) is 2.65. The van der Waals surface area contributed by atoms with E-state index in [1.54, 1.807) is 42.5 Å². The molecule has 0 aliphatic carbocycles. The first kappa shape index (κ1) is 13.3. The Hall–Kier alpha value is -3.34. The first-order valence-electron chi connectivity index (χ1n) is 7.07. The number of imide groups is 1. The van der Waals surface area contributed by atoms with Gasteiger partial charge in [0.05, 0.1) is 5.69 Å². The minimum absolute atomic E-state index is 0.125. The first-order chi connectivity index (χ1) is 11.1. The number of anilines is 2. The second kappa shape index (κ2) is 4.58. The van der Waals surface area contributed by atoms with Crippen molar-refractivity contribution in [3.63, 3.8) is 0 Å². The van der Waals surface area contributed by atoms with Gasteiger partial charge in [-0.25, -0.2) is 4.90 Å². The second-order valence-electron chi connectivity index (χ2n) is 5.36. The van der Waals surface area contributed by atoms with Crippen molar-refractivity contribution in [1.29, 1.82) is 0 Å². The number of carbonyl (C=O) groups excluding carboxylic acids is 2. The largest absolute Gasteiger partial charge is 0.506 e. The van der Waals surface area contributed by atoms with Crippen LogP contribution in [0.2, 0.25) is 0 Å². The molecule has 1 aliphatic rings. The summed E-state index contributed by atoms with van der Waals surface area (Å²) >= 11 is 0. The number of hydrogen-bond donors (Lipinski definition) is 2. The summed E-state index contributed by atoms with van der Waals surface area (Å²) in [6.07, 6.45) is 0. The van der Waals surface area contributed by atoms with E-state index in [4.69, 9.17) is 5.73 Å². The van der Waals surface area contributed by atoms with Crippen LogP contribution in [0.1, 0.15) is 20.7 Å². The molecule has 0 unspecified atom stereocenters. The maximum absolute atomic E-state index is 12.8. The number of hydrogen-bond acceptors (Lipinski definition) is 4. The normalized spacial score (nSPS) is 13.7. The Labute approximate surface area is 131 Å². The molecule has 0 saturated heterocycles. The number of nitrogen functional groups attached to an aromatic ring is 1. The van der Waals surface area contributed by atoms with E-state index in [1.165, 1.54) is 12.1 Å². The summed E-state index contributed by atoms with van der Waals surface area (Å²) in [6.45, 7) is 0. The van der Waals surface area contributed by atoms with E-state index in [0.29, 0.717) is 27.6 Å². The van der Waals surface area contributed by atoms with Crippen LogP contribution in [-0.4, -0.2) is 16.9 Å². The summed E-state index contributed by atoms with van der Waals surface area (Å²) in [5.74, 6) is -1.07. The summed E-state index contributed by atoms with van der Waals surface area (Å²) in [5.41, 5.74) is 7.43. The summed E-state index contributed by atoms with van der Waals surface area (Å²) in [6, 6.07) is 14.7. The lowest BCUT2D eigenvalue weighted by molar-refractivity contribution is 0.0892. The standard InChI is InChI=1S/C18H12N2O3/c19-13-9-8-12-16-10(13)4-3-5-11(16)17(22)20(18(12)23)14-6-1-2-7-15(14)21/h1-9,21H,19H2. The van der Waals surface area contributed by atoms with E-state index >= 15 is 0 Å². The third kappa shape index (κ3) is 1.73. The first-order valence-corrected chi connectivity index (χ1v) is 7.07. The zero-order valence-corrected chi connectivity index (χ0v) is 12.0. The van der Waals surface area contributed by atoms with Gasteiger partial charge in [-0.15, -0.1) is 0 Å². The number of amides is 2.